The van der Waals surface area contributed by atoms with E-state index in [1.54, 1.807) is 0 Å². The molecule has 3 rings (SSSR count). The molecular weight excluding hydrogens is 198 g/mol. The minimum atomic E-state index is -0.405. The number of fused-ring (bicyclic) bond motifs is 3. The Labute approximate surface area is 98.3 Å². The number of rotatable bonds is 0. The summed E-state index contributed by atoms with van der Waals surface area (Å²) in [6.07, 6.45) is 9.54. The highest BCUT2D eigenvalue weighted by Crippen LogP contribution is 2.45. The molecule has 0 aromatic heterocycles. The molecule has 90 valence electrons. The van der Waals surface area contributed by atoms with Crippen molar-refractivity contribution in [1.29, 1.82) is 0 Å². The van der Waals surface area contributed by atoms with Gasteiger partial charge in [0.05, 0.1) is 11.6 Å². The normalized spacial score (nSPS) is 44.5. The Hall–Kier alpha value is -0.340. The second kappa shape index (κ2) is 3.85. The first-order valence-electron chi connectivity index (χ1n) is 6.84. The average Bonchev–Trinajstić information content (AvgIpc) is 2.29. The average molecular weight is 221 g/mol. The molecule has 0 aromatic carbocycles. The van der Waals surface area contributed by atoms with Gasteiger partial charge in [0, 0.05) is 6.54 Å². The van der Waals surface area contributed by atoms with Crippen LogP contribution in [0.15, 0.2) is 11.6 Å². The Morgan fingerprint density at radius 3 is 3.06 bits per heavy atom. The lowest BCUT2D eigenvalue weighted by atomic mass is 9.66. The van der Waals surface area contributed by atoms with Gasteiger partial charge in [-0.3, -0.25) is 4.90 Å². The highest BCUT2D eigenvalue weighted by molar-refractivity contribution is 5.18. The van der Waals surface area contributed by atoms with Crippen LogP contribution < -0.4 is 0 Å². The van der Waals surface area contributed by atoms with Crippen LogP contribution in [0.4, 0.5) is 0 Å². The maximum Gasteiger partial charge on any atom is 0.0866 e. The SMILES string of the molecule is CC1=C[C@@H]2N(CC1)CC[C@@H]1CCCC[C@@]12O. The minimum absolute atomic E-state index is 0.320. The van der Waals surface area contributed by atoms with Crippen molar-refractivity contribution in [3.8, 4) is 0 Å². The van der Waals surface area contributed by atoms with Gasteiger partial charge in [-0.25, -0.2) is 0 Å². The zero-order valence-corrected chi connectivity index (χ0v) is 10.3. The summed E-state index contributed by atoms with van der Waals surface area (Å²) in [5.74, 6) is 0.560. The van der Waals surface area contributed by atoms with Crippen molar-refractivity contribution in [2.75, 3.05) is 13.1 Å². The van der Waals surface area contributed by atoms with E-state index in [4.69, 9.17) is 0 Å². The van der Waals surface area contributed by atoms with Gasteiger partial charge in [0.25, 0.3) is 0 Å². The smallest absolute Gasteiger partial charge is 0.0866 e. The summed E-state index contributed by atoms with van der Waals surface area (Å²) in [5.41, 5.74) is 1.07. The molecular formula is C14H23NO. The van der Waals surface area contributed by atoms with Crippen LogP contribution in [0.1, 0.15) is 45.4 Å². The first-order chi connectivity index (χ1) is 7.70. The van der Waals surface area contributed by atoms with Gasteiger partial charge in [0.2, 0.25) is 0 Å². The van der Waals surface area contributed by atoms with Crippen LogP contribution in [-0.4, -0.2) is 34.7 Å². The summed E-state index contributed by atoms with van der Waals surface area (Å²) in [7, 11) is 0. The van der Waals surface area contributed by atoms with Crippen LogP contribution in [0.5, 0.6) is 0 Å². The van der Waals surface area contributed by atoms with Crippen molar-refractivity contribution in [3.05, 3.63) is 11.6 Å². The highest BCUT2D eigenvalue weighted by atomic mass is 16.3. The van der Waals surface area contributed by atoms with Crippen LogP contribution in [0.25, 0.3) is 0 Å². The maximum absolute atomic E-state index is 11.0. The predicted molar refractivity (Wildman–Crippen MR) is 65.3 cm³/mol. The molecule has 0 amide bonds. The van der Waals surface area contributed by atoms with Crippen molar-refractivity contribution in [2.45, 2.75) is 57.1 Å². The highest BCUT2D eigenvalue weighted by Gasteiger charge is 2.49. The van der Waals surface area contributed by atoms with E-state index < -0.39 is 5.60 Å². The lowest BCUT2D eigenvalue weighted by molar-refractivity contribution is -0.128. The molecule has 0 bridgehead atoms. The molecule has 1 N–H and O–H groups in total. The fraction of sp³-hybridized carbons (Fsp3) is 0.857. The Balaban J connectivity index is 1.92. The second-order valence-corrected chi connectivity index (χ2v) is 5.97. The van der Waals surface area contributed by atoms with Crippen LogP contribution in [0.2, 0.25) is 0 Å². The lowest BCUT2D eigenvalue weighted by Gasteiger charge is -2.54. The van der Waals surface area contributed by atoms with Gasteiger partial charge >= 0.3 is 0 Å². The summed E-state index contributed by atoms with van der Waals surface area (Å²) < 4.78 is 0. The van der Waals surface area contributed by atoms with E-state index in [1.807, 2.05) is 0 Å². The van der Waals surface area contributed by atoms with E-state index in [9.17, 15) is 5.11 Å². The van der Waals surface area contributed by atoms with E-state index >= 15 is 0 Å². The number of nitrogens with zero attached hydrogens (tertiary/aromatic N) is 1. The van der Waals surface area contributed by atoms with E-state index in [2.05, 4.69) is 17.9 Å². The molecule has 1 aliphatic carbocycles. The fourth-order valence-corrected chi connectivity index (χ4v) is 3.99. The quantitative estimate of drug-likeness (QED) is 0.635. The third-order valence-corrected chi connectivity index (χ3v) is 4.99. The number of hydrogen-bond acceptors (Lipinski definition) is 2. The molecule has 2 heteroatoms. The standard InChI is InChI=1S/C14H23NO/c1-11-5-8-15-9-6-12-4-2-3-7-14(12,16)13(15)10-11/h10,12-13,16H,2-9H2,1H3/t12-,13-,14+/m0/s1. The van der Waals surface area contributed by atoms with Crippen molar-refractivity contribution >= 4 is 0 Å². The summed E-state index contributed by atoms with van der Waals surface area (Å²) in [6, 6.07) is 0.320. The molecule has 0 radical (unpaired) electrons. The fourth-order valence-electron chi connectivity index (χ4n) is 3.99. The Kier molecular flexibility index (Phi) is 2.60. The van der Waals surface area contributed by atoms with E-state index in [1.165, 1.54) is 44.2 Å². The molecule has 3 aliphatic rings. The molecule has 3 atom stereocenters. The Morgan fingerprint density at radius 2 is 2.19 bits per heavy atom. The number of piperidine rings is 1. The van der Waals surface area contributed by atoms with Gasteiger partial charge in [-0.1, -0.05) is 24.5 Å². The Morgan fingerprint density at radius 1 is 1.31 bits per heavy atom. The van der Waals surface area contributed by atoms with Crippen LogP contribution >= 0.6 is 0 Å². The summed E-state index contributed by atoms with van der Waals surface area (Å²) in [4.78, 5) is 2.51. The predicted octanol–water partition coefficient (Wildman–Crippen LogP) is 2.33. The van der Waals surface area contributed by atoms with Crippen LogP contribution in [-0.2, 0) is 0 Å². The molecule has 0 unspecified atom stereocenters. The van der Waals surface area contributed by atoms with Crippen LogP contribution in [0, 0.1) is 5.92 Å². The van der Waals surface area contributed by atoms with Crippen molar-refractivity contribution in [3.63, 3.8) is 0 Å². The van der Waals surface area contributed by atoms with E-state index in [0.29, 0.717) is 12.0 Å². The van der Waals surface area contributed by atoms with E-state index in [-0.39, 0.29) is 0 Å². The molecule has 2 aliphatic heterocycles. The molecule has 1 saturated heterocycles. The Bertz CT molecular complexity index is 312. The minimum Gasteiger partial charge on any atom is -0.388 e. The zero-order valence-electron chi connectivity index (χ0n) is 10.3. The third-order valence-electron chi connectivity index (χ3n) is 4.99. The molecule has 0 spiro atoms. The topological polar surface area (TPSA) is 23.5 Å². The van der Waals surface area contributed by atoms with Gasteiger partial charge in [-0.15, -0.1) is 0 Å². The molecule has 2 heterocycles. The lowest BCUT2D eigenvalue weighted by Crippen LogP contribution is -2.62. The molecule has 2 fully saturated rings. The summed E-state index contributed by atoms with van der Waals surface area (Å²) >= 11 is 0. The zero-order chi connectivity index (χ0) is 11.2. The van der Waals surface area contributed by atoms with Gasteiger partial charge < -0.3 is 5.11 Å². The first kappa shape index (κ1) is 10.8. The number of hydrogen-bond donors (Lipinski definition) is 1. The molecule has 1 saturated carbocycles. The van der Waals surface area contributed by atoms with Crippen molar-refractivity contribution < 1.29 is 5.11 Å². The largest absolute Gasteiger partial charge is 0.388 e. The second-order valence-electron chi connectivity index (χ2n) is 5.97. The van der Waals surface area contributed by atoms with Gasteiger partial charge in [0.1, 0.15) is 0 Å². The summed E-state index contributed by atoms with van der Waals surface area (Å²) in [5, 5.41) is 11.0. The van der Waals surface area contributed by atoms with Gasteiger partial charge in [0.15, 0.2) is 0 Å². The van der Waals surface area contributed by atoms with Crippen LogP contribution in [0.3, 0.4) is 0 Å². The monoisotopic (exact) mass is 221 g/mol. The molecule has 2 nitrogen and oxygen atoms in total. The molecule has 0 aromatic rings. The van der Waals surface area contributed by atoms with Crippen molar-refractivity contribution in [2.24, 2.45) is 5.92 Å². The van der Waals surface area contributed by atoms with Gasteiger partial charge in [-0.2, -0.15) is 0 Å². The summed E-state index contributed by atoms with van der Waals surface area (Å²) in [6.45, 7) is 4.57. The number of aliphatic hydroxyl groups is 1. The molecule has 16 heavy (non-hydrogen) atoms. The van der Waals surface area contributed by atoms with Crippen molar-refractivity contribution in [1.82, 2.24) is 4.90 Å². The first-order valence-corrected chi connectivity index (χ1v) is 6.84. The van der Waals surface area contributed by atoms with E-state index in [0.717, 1.165) is 13.0 Å². The van der Waals surface area contributed by atoms with Gasteiger partial charge in [-0.05, 0) is 45.1 Å². The third kappa shape index (κ3) is 1.54. The maximum atomic E-state index is 11.0.